The Morgan fingerprint density at radius 1 is 1.04 bits per heavy atom. The Hall–Kier alpha value is -0.326. The molecule has 0 radical (unpaired) electrons. The van der Waals surface area contributed by atoms with Gasteiger partial charge >= 0.3 is 14.5 Å². The van der Waals surface area contributed by atoms with Gasteiger partial charge in [0.2, 0.25) is 0 Å². The zero-order chi connectivity index (χ0) is 18.4. The molecule has 1 atom stereocenters. The van der Waals surface area contributed by atoms with Gasteiger partial charge in [-0.2, -0.15) is 0 Å². The van der Waals surface area contributed by atoms with Crippen molar-refractivity contribution in [3.63, 3.8) is 0 Å². The van der Waals surface area contributed by atoms with E-state index in [1.807, 2.05) is 27.3 Å². The molecule has 0 heterocycles. The van der Waals surface area contributed by atoms with Crippen molar-refractivity contribution < 1.29 is 27.5 Å². The van der Waals surface area contributed by atoms with E-state index >= 15 is 0 Å². The summed E-state index contributed by atoms with van der Waals surface area (Å²) in [5.41, 5.74) is 1.74. The Bertz CT molecular complexity index is 304. The lowest BCUT2D eigenvalue weighted by molar-refractivity contribution is -0.374. The van der Waals surface area contributed by atoms with Gasteiger partial charge < -0.3 is 27.5 Å². The van der Waals surface area contributed by atoms with Crippen LogP contribution in [0.15, 0.2) is 24.9 Å². The summed E-state index contributed by atoms with van der Waals surface area (Å²) in [4.78, 5) is 0. The Labute approximate surface area is 145 Å². The SMILES string of the molecule is C=CC(OCC)C(O[SiH3])(OCC)OCC.C=C[Si](C)(OC)OC. The third-order valence-corrected chi connectivity index (χ3v) is 6.00. The average molecular weight is 367 g/mol. The van der Waals surface area contributed by atoms with Crippen molar-refractivity contribution in [1.29, 1.82) is 0 Å². The van der Waals surface area contributed by atoms with Crippen LogP contribution >= 0.6 is 0 Å². The first-order valence-electron chi connectivity index (χ1n) is 7.70. The van der Waals surface area contributed by atoms with E-state index in [0.29, 0.717) is 30.3 Å². The zero-order valence-electron chi connectivity index (χ0n) is 15.7. The molecule has 138 valence electrons. The van der Waals surface area contributed by atoms with Crippen LogP contribution in [0.3, 0.4) is 0 Å². The molecule has 8 heteroatoms. The fraction of sp³-hybridized carbons (Fsp3) is 0.733. The second-order valence-electron chi connectivity index (χ2n) is 4.41. The molecular weight excluding hydrogens is 332 g/mol. The first-order chi connectivity index (χ1) is 10.9. The standard InChI is InChI=1S/C10H22O4Si.C5H12O2Si/c1-5-9(11-6-2)10(14-15,12-7-3)13-8-4;1-5-8(4,6-2)7-3/h5,9H,1,6-8H2,2-4,15H3;5H,1H2,2-4H3. The van der Waals surface area contributed by atoms with Gasteiger partial charge in [0, 0.05) is 34.0 Å². The van der Waals surface area contributed by atoms with E-state index < -0.39 is 20.6 Å². The number of rotatable bonds is 12. The highest BCUT2D eigenvalue weighted by atomic mass is 28.4. The van der Waals surface area contributed by atoms with Gasteiger partial charge in [-0.05, 0) is 33.0 Å². The van der Waals surface area contributed by atoms with Crippen molar-refractivity contribution in [3.05, 3.63) is 24.9 Å². The molecule has 0 N–H and O–H groups in total. The predicted molar refractivity (Wildman–Crippen MR) is 98.5 cm³/mol. The van der Waals surface area contributed by atoms with Crippen molar-refractivity contribution in [1.82, 2.24) is 0 Å². The van der Waals surface area contributed by atoms with Crippen LogP contribution in [0.1, 0.15) is 20.8 Å². The summed E-state index contributed by atoms with van der Waals surface area (Å²) < 4.78 is 32.0. The maximum atomic E-state index is 5.52. The van der Waals surface area contributed by atoms with Crippen LogP contribution in [-0.2, 0) is 27.5 Å². The molecule has 0 aromatic heterocycles. The van der Waals surface area contributed by atoms with Crippen LogP contribution < -0.4 is 0 Å². The lowest BCUT2D eigenvalue weighted by Gasteiger charge is -2.36. The van der Waals surface area contributed by atoms with Gasteiger partial charge in [0.1, 0.15) is 0 Å². The summed E-state index contributed by atoms with van der Waals surface area (Å²) in [7, 11) is 1.87. The number of hydrogen-bond donors (Lipinski definition) is 0. The molecule has 0 aromatic carbocycles. The summed E-state index contributed by atoms with van der Waals surface area (Å²) in [6, 6.07) is 0. The predicted octanol–water partition coefficient (Wildman–Crippen LogP) is 1.68. The first kappa shape index (κ1) is 24.9. The largest absolute Gasteiger partial charge is 0.395 e. The molecule has 0 aliphatic rings. The molecule has 1 unspecified atom stereocenters. The smallest absolute Gasteiger partial charge is 0.360 e. The fourth-order valence-electron chi connectivity index (χ4n) is 1.59. The van der Waals surface area contributed by atoms with Gasteiger partial charge in [-0.1, -0.05) is 6.08 Å². The second-order valence-corrected chi connectivity index (χ2v) is 8.08. The van der Waals surface area contributed by atoms with Crippen LogP contribution in [0.4, 0.5) is 0 Å². The highest BCUT2D eigenvalue weighted by Crippen LogP contribution is 2.22. The van der Waals surface area contributed by atoms with Gasteiger partial charge in [-0.15, -0.1) is 13.2 Å². The number of ether oxygens (including phenoxy) is 3. The highest BCUT2D eigenvalue weighted by Gasteiger charge is 2.40. The lowest BCUT2D eigenvalue weighted by Crippen LogP contribution is -2.50. The third kappa shape index (κ3) is 8.92. The average Bonchev–Trinajstić information content (AvgIpc) is 2.59. The van der Waals surface area contributed by atoms with E-state index in [-0.39, 0.29) is 0 Å². The molecule has 0 amide bonds. The van der Waals surface area contributed by atoms with Gasteiger partial charge in [-0.3, -0.25) is 0 Å². The molecule has 0 saturated carbocycles. The Balaban J connectivity index is 0. The van der Waals surface area contributed by atoms with E-state index in [4.69, 9.17) is 27.5 Å². The lowest BCUT2D eigenvalue weighted by atomic mass is 10.3. The molecule has 0 fully saturated rings. The van der Waals surface area contributed by atoms with E-state index in [0.717, 1.165) is 0 Å². The van der Waals surface area contributed by atoms with Crippen LogP contribution in [0.5, 0.6) is 0 Å². The van der Waals surface area contributed by atoms with Crippen LogP contribution in [0.2, 0.25) is 6.55 Å². The molecule has 23 heavy (non-hydrogen) atoms. The summed E-state index contributed by atoms with van der Waals surface area (Å²) in [6.45, 7) is 16.5. The molecule has 6 nitrogen and oxygen atoms in total. The maximum absolute atomic E-state index is 5.52. The topological polar surface area (TPSA) is 55.4 Å². The van der Waals surface area contributed by atoms with Crippen molar-refractivity contribution in [2.75, 3.05) is 34.0 Å². The summed E-state index contributed by atoms with van der Waals surface area (Å²) in [5.74, 6) is -1.12. The van der Waals surface area contributed by atoms with Gasteiger partial charge in [0.25, 0.3) is 0 Å². The molecule has 0 aromatic rings. The summed E-state index contributed by atoms with van der Waals surface area (Å²) in [5, 5.41) is 0. The molecule has 0 spiro atoms. The van der Waals surface area contributed by atoms with E-state index in [2.05, 4.69) is 13.2 Å². The van der Waals surface area contributed by atoms with Crippen molar-refractivity contribution in [2.45, 2.75) is 39.4 Å². The van der Waals surface area contributed by atoms with Gasteiger partial charge in [-0.25, -0.2) is 0 Å². The van der Waals surface area contributed by atoms with E-state index in [1.165, 1.54) is 0 Å². The molecule has 0 saturated heterocycles. The van der Waals surface area contributed by atoms with E-state index in [9.17, 15) is 0 Å². The summed E-state index contributed by atoms with van der Waals surface area (Å²) in [6.07, 6.45) is 1.24. The minimum absolute atomic E-state index is 0.403. The zero-order valence-corrected chi connectivity index (χ0v) is 18.7. The molecule has 0 rings (SSSR count). The van der Waals surface area contributed by atoms with Crippen molar-refractivity contribution in [3.8, 4) is 0 Å². The van der Waals surface area contributed by atoms with Gasteiger partial charge in [0.15, 0.2) is 16.6 Å². The number of hydrogen-bond acceptors (Lipinski definition) is 6. The quantitative estimate of drug-likeness (QED) is 0.298. The Morgan fingerprint density at radius 2 is 1.52 bits per heavy atom. The van der Waals surface area contributed by atoms with Gasteiger partial charge in [0.05, 0.1) is 0 Å². The monoisotopic (exact) mass is 366 g/mol. The normalized spacial score (nSPS) is 13.1. The molecule has 0 bridgehead atoms. The summed E-state index contributed by atoms with van der Waals surface area (Å²) >= 11 is 0. The van der Waals surface area contributed by atoms with Crippen molar-refractivity contribution in [2.24, 2.45) is 0 Å². The van der Waals surface area contributed by atoms with E-state index in [1.54, 1.807) is 26.0 Å². The van der Waals surface area contributed by atoms with Crippen LogP contribution in [0, 0.1) is 0 Å². The Kier molecular flexibility index (Phi) is 15.2. The minimum atomic E-state index is -1.91. The molecule has 0 aliphatic heterocycles. The fourth-order valence-corrected chi connectivity index (χ4v) is 2.55. The highest BCUT2D eigenvalue weighted by molar-refractivity contribution is 6.71. The maximum Gasteiger partial charge on any atom is 0.360 e. The minimum Gasteiger partial charge on any atom is -0.395 e. The first-order valence-corrected chi connectivity index (χ1v) is 10.9. The second kappa shape index (κ2) is 14.1. The third-order valence-electron chi connectivity index (χ3n) is 3.07. The Morgan fingerprint density at radius 3 is 1.70 bits per heavy atom. The molecule has 0 aliphatic carbocycles. The van der Waals surface area contributed by atoms with Crippen molar-refractivity contribution >= 4 is 19.0 Å². The van der Waals surface area contributed by atoms with Crippen LogP contribution in [0.25, 0.3) is 0 Å². The van der Waals surface area contributed by atoms with Crippen LogP contribution in [-0.4, -0.2) is 65.2 Å². The molecular formula is C15H34O6Si2.